The number of nitrogens with zero attached hydrogens (tertiary/aromatic N) is 2. The van der Waals surface area contributed by atoms with Gasteiger partial charge in [0.25, 0.3) is 0 Å². The summed E-state index contributed by atoms with van der Waals surface area (Å²) in [6.45, 7) is 1.72. The molecule has 0 aliphatic rings. The van der Waals surface area contributed by atoms with E-state index in [2.05, 4.69) is 31.4 Å². The number of nitrogens with one attached hydrogen (secondary N) is 1. The number of rotatable bonds is 4. The summed E-state index contributed by atoms with van der Waals surface area (Å²) in [6, 6.07) is 7.41. The minimum Gasteiger partial charge on any atom is -0.426 e. The van der Waals surface area contributed by atoms with E-state index in [4.69, 9.17) is 4.42 Å². The Morgan fingerprint density at radius 1 is 1.33 bits per heavy atom. The van der Waals surface area contributed by atoms with Crippen molar-refractivity contribution in [1.29, 1.82) is 0 Å². The van der Waals surface area contributed by atoms with Gasteiger partial charge in [0.05, 0.1) is 0 Å². The number of anilines is 1. The van der Waals surface area contributed by atoms with Gasteiger partial charge in [0, 0.05) is 29.9 Å². The van der Waals surface area contributed by atoms with Crippen molar-refractivity contribution in [3.8, 4) is 0 Å². The monoisotopic (exact) mass is 309 g/mol. The summed E-state index contributed by atoms with van der Waals surface area (Å²) in [5.41, 5.74) is 0.768. The van der Waals surface area contributed by atoms with E-state index in [-0.39, 0.29) is 5.91 Å². The molecule has 0 fully saturated rings. The summed E-state index contributed by atoms with van der Waals surface area (Å²) in [6.07, 6.45) is 0.765. The van der Waals surface area contributed by atoms with Gasteiger partial charge in [-0.2, -0.15) is 0 Å². The summed E-state index contributed by atoms with van der Waals surface area (Å²) in [5.74, 6) is 0.921. The van der Waals surface area contributed by atoms with Gasteiger partial charge in [0.2, 0.25) is 17.7 Å². The van der Waals surface area contributed by atoms with Crippen LogP contribution in [0.15, 0.2) is 33.2 Å². The van der Waals surface area contributed by atoms with Crippen LogP contribution < -0.4 is 5.32 Å². The smallest absolute Gasteiger partial charge is 0.224 e. The fourth-order valence-electron chi connectivity index (χ4n) is 1.42. The van der Waals surface area contributed by atoms with Crippen LogP contribution in [0.3, 0.4) is 0 Å². The lowest BCUT2D eigenvalue weighted by atomic mass is 10.2. The van der Waals surface area contributed by atoms with E-state index >= 15 is 0 Å². The molecule has 2 rings (SSSR count). The minimum absolute atomic E-state index is 0.0758. The number of carbonyl (C=O) groups is 1. The molecule has 0 unspecified atom stereocenters. The van der Waals surface area contributed by atoms with Crippen LogP contribution in [0.5, 0.6) is 0 Å². The van der Waals surface area contributed by atoms with Crippen LogP contribution in [0.4, 0.5) is 5.69 Å². The number of amides is 1. The van der Waals surface area contributed by atoms with Gasteiger partial charge in [-0.15, -0.1) is 10.2 Å². The zero-order valence-corrected chi connectivity index (χ0v) is 11.4. The fourth-order valence-corrected chi connectivity index (χ4v) is 1.68. The topological polar surface area (TPSA) is 68.0 Å². The molecular formula is C12H12BrN3O2. The third kappa shape index (κ3) is 3.66. The van der Waals surface area contributed by atoms with Crippen LogP contribution in [0.2, 0.25) is 0 Å². The van der Waals surface area contributed by atoms with Crippen molar-refractivity contribution in [3.05, 3.63) is 40.5 Å². The highest BCUT2D eigenvalue weighted by atomic mass is 79.9. The van der Waals surface area contributed by atoms with Crippen molar-refractivity contribution in [2.24, 2.45) is 0 Å². The standard InChI is InChI=1S/C12H12BrN3O2/c1-8-15-16-12(18-8)7-6-11(17)14-10-4-2-9(13)3-5-10/h2-5H,6-7H2,1H3,(H,14,17). The second-order valence-corrected chi connectivity index (χ2v) is 4.69. The van der Waals surface area contributed by atoms with Crippen LogP contribution in [0, 0.1) is 6.92 Å². The molecule has 0 atom stereocenters. The number of aromatic nitrogens is 2. The molecule has 2 aromatic rings. The van der Waals surface area contributed by atoms with E-state index < -0.39 is 0 Å². The molecule has 0 radical (unpaired) electrons. The number of benzene rings is 1. The van der Waals surface area contributed by atoms with Gasteiger partial charge in [0.1, 0.15) is 0 Å². The number of carbonyl (C=O) groups excluding carboxylic acids is 1. The minimum atomic E-state index is -0.0758. The van der Waals surface area contributed by atoms with E-state index in [0.717, 1.165) is 10.2 Å². The van der Waals surface area contributed by atoms with Gasteiger partial charge in [-0.1, -0.05) is 15.9 Å². The van der Waals surface area contributed by atoms with E-state index in [9.17, 15) is 4.79 Å². The molecule has 6 heteroatoms. The van der Waals surface area contributed by atoms with E-state index in [1.165, 1.54) is 0 Å². The van der Waals surface area contributed by atoms with Gasteiger partial charge in [-0.25, -0.2) is 0 Å². The lowest BCUT2D eigenvalue weighted by molar-refractivity contribution is -0.116. The van der Waals surface area contributed by atoms with Crippen molar-refractivity contribution in [2.45, 2.75) is 19.8 Å². The zero-order valence-electron chi connectivity index (χ0n) is 9.81. The Bertz CT molecular complexity index is 537. The zero-order chi connectivity index (χ0) is 13.0. The maximum atomic E-state index is 11.7. The van der Waals surface area contributed by atoms with E-state index in [1.54, 1.807) is 6.92 Å². The molecule has 94 valence electrons. The second-order valence-electron chi connectivity index (χ2n) is 3.77. The number of aryl methyl sites for hydroxylation is 2. The molecule has 5 nitrogen and oxygen atoms in total. The van der Waals surface area contributed by atoms with Crippen molar-refractivity contribution in [1.82, 2.24) is 10.2 Å². The molecule has 1 amide bonds. The van der Waals surface area contributed by atoms with Crippen LogP contribution >= 0.6 is 15.9 Å². The first-order chi connectivity index (χ1) is 8.63. The first-order valence-corrected chi connectivity index (χ1v) is 6.27. The Kier molecular flexibility index (Phi) is 4.09. The molecule has 1 aromatic heterocycles. The van der Waals surface area contributed by atoms with Gasteiger partial charge in [-0.05, 0) is 24.3 Å². The Hall–Kier alpha value is -1.69. The molecule has 0 bridgehead atoms. The summed E-state index contributed by atoms with van der Waals surface area (Å²) < 4.78 is 6.17. The molecule has 0 saturated carbocycles. The lowest BCUT2D eigenvalue weighted by Gasteiger charge is -2.03. The molecule has 18 heavy (non-hydrogen) atoms. The summed E-state index contributed by atoms with van der Waals surface area (Å²) in [7, 11) is 0. The normalized spacial score (nSPS) is 10.3. The Labute approximate surface area is 113 Å². The molecule has 0 aliphatic carbocycles. The summed E-state index contributed by atoms with van der Waals surface area (Å²) in [4.78, 5) is 11.7. The Morgan fingerprint density at radius 3 is 2.67 bits per heavy atom. The number of hydrogen-bond donors (Lipinski definition) is 1. The molecule has 1 aromatic carbocycles. The Morgan fingerprint density at radius 2 is 2.06 bits per heavy atom. The third-order valence-corrected chi connectivity index (χ3v) is 2.79. The maximum absolute atomic E-state index is 11.7. The average molecular weight is 310 g/mol. The molecule has 0 aliphatic heterocycles. The summed E-state index contributed by atoms with van der Waals surface area (Å²) in [5, 5.41) is 10.3. The van der Waals surface area contributed by atoms with Gasteiger partial charge in [-0.3, -0.25) is 4.79 Å². The summed E-state index contributed by atoms with van der Waals surface area (Å²) >= 11 is 3.33. The van der Waals surface area contributed by atoms with Crippen LogP contribution in [0.1, 0.15) is 18.2 Å². The van der Waals surface area contributed by atoms with Crippen molar-refractivity contribution >= 4 is 27.5 Å². The molecule has 0 spiro atoms. The second kappa shape index (κ2) is 5.77. The molecule has 1 N–H and O–H groups in total. The number of halogens is 1. The van der Waals surface area contributed by atoms with Crippen molar-refractivity contribution in [2.75, 3.05) is 5.32 Å². The molecule has 0 saturated heterocycles. The third-order valence-electron chi connectivity index (χ3n) is 2.26. The van der Waals surface area contributed by atoms with E-state index in [1.807, 2.05) is 24.3 Å². The first-order valence-electron chi connectivity index (χ1n) is 5.48. The van der Waals surface area contributed by atoms with Crippen LogP contribution in [0.25, 0.3) is 0 Å². The van der Waals surface area contributed by atoms with Crippen molar-refractivity contribution in [3.63, 3.8) is 0 Å². The fraction of sp³-hybridized carbons (Fsp3) is 0.250. The first kappa shape index (κ1) is 12.8. The number of hydrogen-bond acceptors (Lipinski definition) is 4. The van der Waals surface area contributed by atoms with Gasteiger partial charge < -0.3 is 9.73 Å². The highest BCUT2D eigenvalue weighted by Gasteiger charge is 2.07. The van der Waals surface area contributed by atoms with Crippen LogP contribution in [-0.2, 0) is 11.2 Å². The quantitative estimate of drug-likeness (QED) is 0.943. The predicted molar refractivity (Wildman–Crippen MR) is 70.1 cm³/mol. The van der Waals surface area contributed by atoms with E-state index in [0.29, 0.717) is 24.6 Å². The molecule has 1 heterocycles. The predicted octanol–water partition coefficient (Wildman–Crippen LogP) is 2.71. The lowest BCUT2D eigenvalue weighted by Crippen LogP contribution is -2.12. The largest absolute Gasteiger partial charge is 0.426 e. The van der Waals surface area contributed by atoms with Gasteiger partial charge >= 0.3 is 0 Å². The molecular weight excluding hydrogens is 298 g/mol. The van der Waals surface area contributed by atoms with Crippen LogP contribution in [-0.4, -0.2) is 16.1 Å². The Balaban J connectivity index is 1.83. The highest BCUT2D eigenvalue weighted by Crippen LogP contribution is 2.14. The van der Waals surface area contributed by atoms with Gasteiger partial charge in [0.15, 0.2) is 0 Å². The maximum Gasteiger partial charge on any atom is 0.224 e. The average Bonchev–Trinajstić information content (AvgIpc) is 2.76. The highest BCUT2D eigenvalue weighted by molar-refractivity contribution is 9.10. The van der Waals surface area contributed by atoms with Crippen molar-refractivity contribution < 1.29 is 9.21 Å². The SMILES string of the molecule is Cc1nnc(CCC(=O)Nc2ccc(Br)cc2)o1.